The fourth-order valence-corrected chi connectivity index (χ4v) is 4.73. The Labute approximate surface area is 173 Å². The normalized spacial score (nSPS) is 19.0. The SMILES string of the molecule is Cl.O=C(NCCCN1CCNCC1)c1cccc(S(=O)(=O)N2CCOCC2)c1. The van der Waals surface area contributed by atoms with Crippen molar-refractivity contribution in [2.45, 2.75) is 11.3 Å². The molecule has 2 heterocycles. The smallest absolute Gasteiger partial charge is 0.251 e. The Kier molecular flexibility index (Phi) is 9.13. The summed E-state index contributed by atoms with van der Waals surface area (Å²) in [6, 6.07) is 6.25. The lowest BCUT2D eigenvalue weighted by molar-refractivity contribution is 0.0730. The zero-order chi connectivity index (χ0) is 19.1. The summed E-state index contributed by atoms with van der Waals surface area (Å²) in [4.78, 5) is 14.9. The molecule has 1 aromatic carbocycles. The van der Waals surface area contributed by atoms with Gasteiger partial charge in [0.2, 0.25) is 10.0 Å². The Morgan fingerprint density at radius 2 is 1.86 bits per heavy atom. The first-order valence-electron chi connectivity index (χ1n) is 9.46. The summed E-state index contributed by atoms with van der Waals surface area (Å²) in [7, 11) is -3.60. The number of amides is 1. The molecule has 0 aromatic heterocycles. The van der Waals surface area contributed by atoms with Crippen LogP contribution < -0.4 is 10.6 Å². The number of carbonyl (C=O) groups is 1. The van der Waals surface area contributed by atoms with E-state index >= 15 is 0 Å². The third-order valence-corrected chi connectivity index (χ3v) is 6.74. The lowest BCUT2D eigenvalue weighted by Gasteiger charge is -2.27. The summed E-state index contributed by atoms with van der Waals surface area (Å²) in [5.41, 5.74) is 0.367. The third kappa shape index (κ3) is 6.13. The average Bonchev–Trinajstić information content (AvgIpc) is 2.72. The van der Waals surface area contributed by atoms with Gasteiger partial charge in [-0.3, -0.25) is 4.79 Å². The van der Waals surface area contributed by atoms with E-state index in [2.05, 4.69) is 15.5 Å². The van der Waals surface area contributed by atoms with Crippen LogP contribution in [0.3, 0.4) is 0 Å². The molecule has 2 fully saturated rings. The van der Waals surface area contributed by atoms with E-state index in [1.807, 2.05) is 0 Å². The van der Waals surface area contributed by atoms with Gasteiger partial charge < -0.3 is 20.3 Å². The van der Waals surface area contributed by atoms with Crippen LogP contribution in [0, 0.1) is 0 Å². The zero-order valence-corrected chi connectivity index (χ0v) is 17.6. The molecular formula is C18H29ClN4O4S. The first-order chi connectivity index (χ1) is 13.1. The second-order valence-electron chi connectivity index (χ2n) is 6.75. The molecule has 28 heavy (non-hydrogen) atoms. The van der Waals surface area contributed by atoms with Crippen molar-refractivity contribution >= 4 is 28.3 Å². The van der Waals surface area contributed by atoms with Gasteiger partial charge in [0, 0.05) is 51.4 Å². The fourth-order valence-electron chi connectivity index (χ4n) is 3.28. The molecule has 8 nitrogen and oxygen atoms in total. The molecule has 3 rings (SSSR count). The second kappa shape index (κ2) is 11.1. The summed E-state index contributed by atoms with van der Waals surface area (Å²) in [5, 5.41) is 6.20. The van der Waals surface area contributed by atoms with E-state index in [9.17, 15) is 13.2 Å². The number of piperazine rings is 1. The van der Waals surface area contributed by atoms with Crippen molar-refractivity contribution in [3.63, 3.8) is 0 Å². The van der Waals surface area contributed by atoms with Crippen LogP contribution in [0.4, 0.5) is 0 Å². The highest BCUT2D eigenvalue weighted by molar-refractivity contribution is 7.89. The van der Waals surface area contributed by atoms with E-state index in [-0.39, 0.29) is 23.2 Å². The molecule has 0 radical (unpaired) electrons. The molecule has 1 amide bonds. The van der Waals surface area contributed by atoms with Crippen LogP contribution in [-0.4, -0.2) is 89.1 Å². The number of morpholine rings is 1. The first kappa shape index (κ1) is 23.1. The zero-order valence-electron chi connectivity index (χ0n) is 15.9. The summed E-state index contributed by atoms with van der Waals surface area (Å²) >= 11 is 0. The van der Waals surface area contributed by atoms with Gasteiger partial charge in [-0.1, -0.05) is 6.07 Å². The molecule has 0 saturated carbocycles. The molecule has 158 valence electrons. The predicted octanol–water partition coefficient (Wildman–Crippen LogP) is 0.154. The molecule has 2 aliphatic heterocycles. The van der Waals surface area contributed by atoms with E-state index in [1.54, 1.807) is 12.1 Å². The minimum absolute atomic E-state index is 0. The Morgan fingerprint density at radius 1 is 1.14 bits per heavy atom. The van der Waals surface area contributed by atoms with Crippen LogP contribution in [0.15, 0.2) is 29.2 Å². The molecular weight excluding hydrogens is 404 g/mol. The summed E-state index contributed by atoms with van der Waals surface area (Å²) in [6.07, 6.45) is 0.873. The van der Waals surface area contributed by atoms with E-state index in [4.69, 9.17) is 4.74 Å². The number of hydrogen-bond donors (Lipinski definition) is 2. The number of hydrogen-bond acceptors (Lipinski definition) is 6. The summed E-state index contributed by atoms with van der Waals surface area (Å²) in [6.45, 7) is 7.09. The monoisotopic (exact) mass is 432 g/mol. The molecule has 0 unspecified atom stereocenters. The van der Waals surface area contributed by atoms with Crippen LogP contribution in [0.1, 0.15) is 16.8 Å². The maximum atomic E-state index is 12.7. The minimum Gasteiger partial charge on any atom is -0.379 e. The minimum atomic E-state index is -3.60. The number of nitrogens with one attached hydrogen (secondary N) is 2. The van der Waals surface area contributed by atoms with Crippen LogP contribution >= 0.6 is 12.4 Å². The molecule has 1 aromatic rings. The number of nitrogens with zero attached hydrogens (tertiary/aromatic N) is 2. The number of benzene rings is 1. The van der Waals surface area contributed by atoms with E-state index in [1.165, 1.54) is 16.4 Å². The second-order valence-corrected chi connectivity index (χ2v) is 8.68. The van der Waals surface area contributed by atoms with Crippen LogP contribution in [0.5, 0.6) is 0 Å². The van der Waals surface area contributed by atoms with Gasteiger partial charge >= 0.3 is 0 Å². The summed E-state index contributed by atoms with van der Waals surface area (Å²) in [5.74, 6) is -0.241. The van der Waals surface area contributed by atoms with Crippen LogP contribution in [-0.2, 0) is 14.8 Å². The number of halogens is 1. The molecule has 10 heteroatoms. The average molecular weight is 433 g/mol. The Morgan fingerprint density at radius 3 is 2.57 bits per heavy atom. The van der Waals surface area contributed by atoms with Crippen molar-refractivity contribution in [3.05, 3.63) is 29.8 Å². The topological polar surface area (TPSA) is 91.0 Å². The van der Waals surface area contributed by atoms with Crippen molar-refractivity contribution in [2.75, 3.05) is 65.6 Å². The van der Waals surface area contributed by atoms with Crippen molar-refractivity contribution < 1.29 is 17.9 Å². The van der Waals surface area contributed by atoms with Crippen molar-refractivity contribution in [1.82, 2.24) is 19.8 Å². The van der Waals surface area contributed by atoms with Gasteiger partial charge in [-0.2, -0.15) is 4.31 Å². The Balaban J connectivity index is 0.00000280. The van der Waals surface area contributed by atoms with Crippen LogP contribution in [0.2, 0.25) is 0 Å². The standard InChI is InChI=1S/C18H28N4O4S.ClH/c23-18(20-5-2-8-21-9-6-19-7-10-21)16-3-1-4-17(15-16)27(24,25)22-11-13-26-14-12-22;/h1,3-4,15,19H,2,5-14H2,(H,20,23);1H. The number of sulfonamides is 1. The molecule has 0 bridgehead atoms. The first-order valence-corrected chi connectivity index (χ1v) is 10.9. The van der Waals surface area contributed by atoms with Crippen molar-refractivity contribution in [3.8, 4) is 0 Å². The molecule has 2 aliphatic rings. The molecule has 0 aliphatic carbocycles. The number of rotatable bonds is 7. The van der Waals surface area contributed by atoms with Gasteiger partial charge in [0.15, 0.2) is 0 Å². The highest BCUT2D eigenvalue weighted by Crippen LogP contribution is 2.18. The Bertz CT molecular complexity index is 735. The van der Waals surface area contributed by atoms with Gasteiger partial charge in [0.1, 0.15) is 0 Å². The summed E-state index contributed by atoms with van der Waals surface area (Å²) < 4.78 is 32.1. The third-order valence-electron chi connectivity index (χ3n) is 4.85. The van der Waals surface area contributed by atoms with E-state index in [0.29, 0.717) is 38.4 Å². The predicted molar refractivity (Wildman–Crippen MR) is 110 cm³/mol. The van der Waals surface area contributed by atoms with Gasteiger partial charge in [-0.25, -0.2) is 8.42 Å². The molecule has 0 spiro atoms. The van der Waals surface area contributed by atoms with Gasteiger partial charge in [-0.15, -0.1) is 12.4 Å². The largest absolute Gasteiger partial charge is 0.379 e. The van der Waals surface area contributed by atoms with E-state index < -0.39 is 10.0 Å². The maximum Gasteiger partial charge on any atom is 0.251 e. The Hall–Kier alpha value is -1.23. The van der Waals surface area contributed by atoms with Gasteiger partial charge in [0.05, 0.1) is 18.1 Å². The number of carbonyl (C=O) groups excluding carboxylic acids is 1. The fraction of sp³-hybridized carbons (Fsp3) is 0.611. The highest BCUT2D eigenvalue weighted by atomic mass is 35.5. The quantitative estimate of drug-likeness (QED) is 0.596. The molecule has 2 saturated heterocycles. The van der Waals surface area contributed by atoms with Gasteiger partial charge in [-0.05, 0) is 31.2 Å². The molecule has 0 atom stereocenters. The van der Waals surface area contributed by atoms with Crippen molar-refractivity contribution in [2.24, 2.45) is 0 Å². The molecule has 2 N–H and O–H groups in total. The van der Waals surface area contributed by atoms with Gasteiger partial charge in [0.25, 0.3) is 5.91 Å². The maximum absolute atomic E-state index is 12.7. The van der Waals surface area contributed by atoms with Crippen LogP contribution in [0.25, 0.3) is 0 Å². The van der Waals surface area contributed by atoms with Crippen molar-refractivity contribution in [1.29, 1.82) is 0 Å². The van der Waals surface area contributed by atoms with E-state index in [0.717, 1.165) is 39.1 Å². The lowest BCUT2D eigenvalue weighted by atomic mass is 10.2. The lowest BCUT2D eigenvalue weighted by Crippen LogP contribution is -2.44. The highest BCUT2D eigenvalue weighted by Gasteiger charge is 2.26. The number of ether oxygens (including phenoxy) is 1.